The minimum absolute atomic E-state index is 0.000596. The van der Waals surface area contributed by atoms with Crippen LogP contribution >= 0.6 is 0 Å². The molecular formula is C22H28NO2+. The molecule has 1 N–H and O–H groups in total. The van der Waals surface area contributed by atoms with Gasteiger partial charge in [-0.2, -0.15) is 0 Å². The smallest absolute Gasteiger partial charge is 0.220 e. The van der Waals surface area contributed by atoms with Gasteiger partial charge in [-0.3, -0.25) is 4.79 Å². The van der Waals surface area contributed by atoms with Crippen molar-refractivity contribution in [2.75, 3.05) is 19.7 Å². The average Bonchev–Trinajstić information content (AvgIpc) is 2.68. The maximum atomic E-state index is 13.3. The highest BCUT2D eigenvalue weighted by molar-refractivity contribution is 5.99. The highest BCUT2D eigenvalue weighted by Gasteiger charge is 2.31. The number of ether oxygens (including phenoxy) is 1. The number of carbonyl (C=O) groups excluding carboxylic acids is 1. The zero-order valence-corrected chi connectivity index (χ0v) is 15.0. The number of nitrogens with one attached hydrogen (secondary N) is 1. The second kappa shape index (κ2) is 8.82. The second-order valence-corrected chi connectivity index (χ2v) is 6.78. The van der Waals surface area contributed by atoms with Crippen molar-refractivity contribution in [3.8, 4) is 5.75 Å². The molecule has 1 atom stereocenters. The third-order valence-corrected chi connectivity index (χ3v) is 5.04. The van der Waals surface area contributed by atoms with Gasteiger partial charge in [-0.1, -0.05) is 30.3 Å². The Balaban J connectivity index is 1.80. The monoisotopic (exact) mass is 338 g/mol. The first-order valence-corrected chi connectivity index (χ1v) is 9.43. The lowest BCUT2D eigenvalue weighted by atomic mass is 9.94. The van der Waals surface area contributed by atoms with E-state index in [0.717, 1.165) is 30.8 Å². The molecule has 1 saturated heterocycles. The van der Waals surface area contributed by atoms with E-state index in [-0.39, 0.29) is 11.8 Å². The van der Waals surface area contributed by atoms with Crippen LogP contribution in [-0.4, -0.2) is 31.5 Å². The molecule has 1 aliphatic heterocycles. The van der Waals surface area contributed by atoms with Crippen molar-refractivity contribution in [2.24, 2.45) is 0 Å². The fourth-order valence-corrected chi connectivity index (χ4v) is 3.71. The number of rotatable bonds is 7. The van der Waals surface area contributed by atoms with Gasteiger partial charge >= 0.3 is 0 Å². The zero-order chi connectivity index (χ0) is 17.5. The first-order valence-electron chi connectivity index (χ1n) is 9.43. The van der Waals surface area contributed by atoms with Crippen LogP contribution < -0.4 is 9.64 Å². The predicted octanol–water partition coefficient (Wildman–Crippen LogP) is 2.95. The van der Waals surface area contributed by atoms with E-state index in [2.05, 4.69) is 24.3 Å². The van der Waals surface area contributed by atoms with Gasteiger partial charge in [-0.05, 0) is 56.0 Å². The first kappa shape index (κ1) is 17.7. The van der Waals surface area contributed by atoms with Crippen molar-refractivity contribution in [1.29, 1.82) is 0 Å². The van der Waals surface area contributed by atoms with Crippen LogP contribution in [0.15, 0.2) is 54.6 Å². The number of piperidine rings is 1. The van der Waals surface area contributed by atoms with Crippen LogP contribution in [0.25, 0.3) is 0 Å². The van der Waals surface area contributed by atoms with Gasteiger partial charge in [-0.25, -0.2) is 0 Å². The number of hydrogen-bond donors (Lipinski definition) is 1. The van der Waals surface area contributed by atoms with E-state index in [0.29, 0.717) is 6.61 Å². The summed E-state index contributed by atoms with van der Waals surface area (Å²) in [4.78, 5) is 14.7. The van der Waals surface area contributed by atoms with Crippen LogP contribution in [0, 0.1) is 0 Å². The summed E-state index contributed by atoms with van der Waals surface area (Å²) >= 11 is 0. The highest BCUT2D eigenvalue weighted by Crippen LogP contribution is 2.15. The average molecular weight is 338 g/mol. The summed E-state index contributed by atoms with van der Waals surface area (Å²) in [7, 11) is 0. The lowest BCUT2D eigenvalue weighted by molar-refractivity contribution is -0.920. The van der Waals surface area contributed by atoms with Crippen LogP contribution in [0.5, 0.6) is 5.75 Å². The summed E-state index contributed by atoms with van der Waals surface area (Å²) in [5, 5.41) is 0. The third-order valence-electron chi connectivity index (χ3n) is 5.04. The summed E-state index contributed by atoms with van der Waals surface area (Å²) in [6.07, 6.45) is 4.54. The molecule has 2 aromatic carbocycles. The second-order valence-electron chi connectivity index (χ2n) is 6.78. The molecular weight excluding hydrogens is 310 g/mol. The quantitative estimate of drug-likeness (QED) is 0.787. The molecule has 3 heteroatoms. The van der Waals surface area contributed by atoms with Gasteiger partial charge in [0.05, 0.1) is 19.7 Å². The van der Waals surface area contributed by atoms with Crippen LogP contribution in [0.3, 0.4) is 0 Å². The zero-order valence-electron chi connectivity index (χ0n) is 15.0. The minimum Gasteiger partial charge on any atom is -0.494 e. The Hall–Kier alpha value is -2.13. The van der Waals surface area contributed by atoms with Crippen molar-refractivity contribution in [1.82, 2.24) is 0 Å². The number of hydrogen-bond acceptors (Lipinski definition) is 2. The van der Waals surface area contributed by atoms with E-state index in [1.165, 1.54) is 29.7 Å². The van der Waals surface area contributed by atoms with E-state index >= 15 is 0 Å². The SMILES string of the molecule is CCOc1ccc(C(=O)[C@@H](Cc2ccccc2)[NH+]2CCCCC2)cc1. The molecule has 3 nitrogen and oxygen atoms in total. The summed E-state index contributed by atoms with van der Waals surface area (Å²) in [5.74, 6) is 1.08. The van der Waals surface area contributed by atoms with Crippen molar-refractivity contribution in [3.05, 3.63) is 65.7 Å². The lowest BCUT2D eigenvalue weighted by Gasteiger charge is -2.31. The summed E-state index contributed by atoms with van der Waals surface area (Å²) in [6.45, 7) is 4.80. The van der Waals surface area contributed by atoms with Crippen LogP contribution in [0.4, 0.5) is 0 Å². The number of carbonyl (C=O) groups is 1. The van der Waals surface area contributed by atoms with Gasteiger partial charge < -0.3 is 9.64 Å². The van der Waals surface area contributed by atoms with Gasteiger partial charge in [0, 0.05) is 12.0 Å². The van der Waals surface area contributed by atoms with Crippen LogP contribution in [0.2, 0.25) is 0 Å². The molecule has 1 aliphatic rings. The summed E-state index contributed by atoms with van der Waals surface area (Å²) in [6, 6.07) is 18.0. The van der Waals surface area contributed by atoms with Gasteiger partial charge in [0.25, 0.3) is 0 Å². The number of likely N-dealkylation sites (tertiary alicyclic amines) is 1. The molecule has 0 aromatic heterocycles. The van der Waals surface area contributed by atoms with Crippen molar-refractivity contribution in [3.63, 3.8) is 0 Å². The number of quaternary nitrogens is 1. The first-order chi connectivity index (χ1) is 12.3. The van der Waals surface area contributed by atoms with Gasteiger partial charge in [0.15, 0.2) is 6.04 Å². The molecule has 25 heavy (non-hydrogen) atoms. The van der Waals surface area contributed by atoms with Gasteiger partial charge in [0.2, 0.25) is 5.78 Å². The molecule has 0 unspecified atom stereocenters. The summed E-state index contributed by atoms with van der Waals surface area (Å²) in [5.41, 5.74) is 2.03. The molecule has 0 radical (unpaired) electrons. The molecule has 3 rings (SSSR count). The summed E-state index contributed by atoms with van der Waals surface area (Å²) < 4.78 is 5.50. The molecule has 1 fully saturated rings. The number of benzene rings is 2. The predicted molar refractivity (Wildman–Crippen MR) is 100 cm³/mol. The lowest BCUT2D eigenvalue weighted by Crippen LogP contribution is -3.17. The van der Waals surface area contributed by atoms with Crippen LogP contribution in [0.1, 0.15) is 42.1 Å². The topological polar surface area (TPSA) is 30.7 Å². The number of Topliss-reactive ketones (excluding diaryl/α,β-unsaturated/α-hetero) is 1. The Labute approximate surface area is 150 Å². The Morgan fingerprint density at radius 3 is 2.32 bits per heavy atom. The fraction of sp³-hybridized carbons (Fsp3) is 0.409. The van der Waals surface area contributed by atoms with Crippen molar-refractivity contribution in [2.45, 2.75) is 38.6 Å². The molecule has 132 valence electrons. The minimum atomic E-state index is 0.000596. The van der Waals surface area contributed by atoms with Crippen LogP contribution in [-0.2, 0) is 6.42 Å². The molecule has 0 aliphatic carbocycles. The maximum Gasteiger partial charge on any atom is 0.220 e. The highest BCUT2D eigenvalue weighted by atomic mass is 16.5. The normalized spacial score (nSPS) is 16.4. The number of ketones is 1. The van der Waals surface area contributed by atoms with Crippen molar-refractivity contribution >= 4 is 5.78 Å². The Bertz CT molecular complexity index is 660. The molecule has 2 aromatic rings. The van der Waals surface area contributed by atoms with E-state index in [4.69, 9.17) is 4.74 Å². The van der Waals surface area contributed by atoms with E-state index in [9.17, 15) is 4.79 Å². The van der Waals surface area contributed by atoms with E-state index < -0.39 is 0 Å². The Morgan fingerprint density at radius 2 is 1.68 bits per heavy atom. The van der Waals surface area contributed by atoms with E-state index in [1.807, 2.05) is 37.3 Å². The van der Waals surface area contributed by atoms with Gasteiger partial charge in [0.1, 0.15) is 5.75 Å². The van der Waals surface area contributed by atoms with E-state index in [1.54, 1.807) is 0 Å². The largest absolute Gasteiger partial charge is 0.494 e. The van der Waals surface area contributed by atoms with Crippen molar-refractivity contribution < 1.29 is 14.4 Å². The molecule has 0 spiro atoms. The molecule has 0 saturated carbocycles. The standard InChI is InChI=1S/C22H27NO2/c1-2-25-20-13-11-19(12-14-20)22(24)21(23-15-7-4-8-16-23)17-18-9-5-3-6-10-18/h3,5-6,9-14,21H,2,4,7-8,15-17H2,1H3/p+1/t21-/m1/s1. The Kier molecular flexibility index (Phi) is 6.24. The Morgan fingerprint density at radius 1 is 1.00 bits per heavy atom. The molecule has 1 heterocycles. The maximum absolute atomic E-state index is 13.3. The molecule has 0 bridgehead atoms. The molecule has 0 amide bonds. The third kappa shape index (κ3) is 4.70. The fourth-order valence-electron chi connectivity index (χ4n) is 3.71. The van der Waals surface area contributed by atoms with Gasteiger partial charge in [-0.15, -0.1) is 0 Å².